The van der Waals surface area contributed by atoms with Crippen LogP contribution < -0.4 is 5.73 Å². The van der Waals surface area contributed by atoms with Gasteiger partial charge in [-0.15, -0.1) is 0 Å². The van der Waals surface area contributed by atoms with Crippen molar-refractivity contribution in [3.63, 3.8) is 0 Å². The molecule has 1 aromatic heterocycles. The number of carboxylic acid groups (broad SMARTS) is 1. The number of carboxylic acids is 1. The number of β-lactam (4-membered cyclic amide) rings is 1. The van der Waals surface area contributed by atoms with E-state index in [-0.39, 0.29) is 12.3 Å². The SMILES string of the molecule is Nc1cc(C[C@H]2C(=O)N(C(=O)N3CCCC(c4ccccc4)C3)[C@@H]2C(=O)O)ccn1. The van der Waals surface area contributed by atoms with Crippen LogP contribution in [0.4, 0.5) is 10.6 Å². The molecule has 2 saturated heterocycles. The summed E-state index contributed by atoms with van der Waals surface area (Å²) in [6.07, 6.45) is 3.49. The number of urea groups is 1. The maximum Gasteiger partial charge on any atom is 0.327 e. The molecule has 2 aliphatic rings. The third-order valence-electron chi connectivity index (χ3n) is 5.94. The number of nitrogen functional groups attached to an aromatic ring is 1. The van der Waals surface area contributed by atoms with E-state index < -0.39 is 29.9 Å². The zero-order valence-electron chi connectivity index (χ0n) is 16.5. The molecule has 2 aliphatic heterocycles. The van der Waals surface area contributed by atoms with Crippen molar-refractivity contribution in [2.45, 2.75) is 31.2 Å². The molecule has 0 bridgehead atoms. The van der Waals surface area contributed by atoms with E-state index in [4.69, 9.17) is 5.73 Å². The number of aliphatic carboxylic acids is 1. The molecule has 3 atom stereocenters. The predicted molar refractivity (Wildman–Crippen MR) is 109 cm³/mol. The fraction of sp³-hybridized carbons (Fsp3) is 0.364. The van der Waals surface area contributed by atoms with Crippen molar-refractivity contribution in [2.24, 2.45) is 5.92 Å². The van der Waals surface area contributed by atoms with Gasteiger partial charge < -0.3 is 15.7 Å². The van der Waals surface area contributed by atoms with E-state index in [1.54, 1.807) is 17.0 Å². The maximum absolute atomic E-state index is 13.1. The van der Waals surface area contributed by atoms with Crippen LogP contribution in [0.25, 0.3) is 0 Å². The van der Waals surface area contributed by atoms with E-state index >= 15 is 0 Å². The Bertz CT molecular complexity index is 965. The third-order valence-corrected chi connectivity index (χ3v) is 5.94. The first kappa shape index (κ1) is 19.9. The number of nitrogens with two attached hydrogens (primary N) is 1. The molecule has 30 heavy (non-hydrogen) atoms. The van der Waals surface area contributed by atoms with Crippen molar-refractivity contribution in [3.8, 4) is 0 Å². The summed E-state index contributed by atoms with van der Waals surface area (Å²) >= 11 is 0. The number of hydrogen-bond donors (Lipinski definition) is 2. The fourth-order valence-corrected chi connectivity index (χ4v) is 4.42. The second-order valence-electron chi connectivity index (χ2n) is 7.87. The van der Waals surface area contributed by atoms with Gasteiger partial charge in [0.05, 0.1) is 5.92 Å². The highest BCUT2D eigenvalue weighted by atomic mass is 16.4. The predicted octanol–water partition coefficient (Wildman–Crippen LogP) is 2.12. The second kappa shape index (κ2) is 8.14. The van der Waals surface area contributed by atoms with Crippen LogP contribution in [0.1, 0.15) is 29.9 Å². The summed E-state index contributed by atoms with van der Waals surface area (Å²) in [7, 11) is 0. The molecule has 0 aliphatic carbocycles. The molecule has 8 heteroatoms. The summed E-state index contributed by atoms with van der Waals surface area (Å²) < 4.78 is 0. The first-order valence-electron chi connectivity index (χ1n) is 10.1. The zero-order valence-corrected chi connectivity index (χ0v) is 16.5. The summed E-state index contributed by atoms with van der Waals surface area (Å²) in [5.41, 5.74) is 7.54. The topological polar surface area (TPSA) is 117 Å². The van der Waals surface area contributed by atoms with Gasteiger partial charge in [-0.1, -0.05) is 30.3 Å². The molecule has 3 amide bonds. The minimum Gasteiger partial charge on any atom is -0.480 e. The Morgan fingerprint density at radius 2 is 1.97 bits per heavy atom. The minimum absolute atomic E-state index is 0.180. The highest BCUT2D eigenvalue weighted by Gasteiger charge is 2.55. The number of amides is 3. The van der Waals surface area contributed by atoms with Crippen LogP contribution in [0, 0.1) is 5.92 Å². The molecule has 2 aromatic rings. The minimum atomic E-state index is -1.17. The molecular formula is C22H24N4O4. The number of anilines is 1. The Kier molecular flexibility index (Phi) is 5.39. The van der Waals surface area contributed by atoms with E-state index in [1.165, 1.54) is 6.20 Å². The third kappa shape index (κ3) is 3.72. The Morgan fingerprint density at radius 1 is 1.20 bits per heavy atom. The average molecular weight is 408 g/mol. The molecule has 0 saturated carbocycles. The van der Waals surface area contributed by atoms with E-state index in [0.29, 0.717) is 18.9 Å². The monoisotopic (exact) mass is 408 g/mol. The van der Waals surface area contributed by atoms with Gasteiger partial charge >= 0.3 is 12.0 Å². The van der Waals surface area contributed by atoms with Gasteiger partial charge in [-0.05, 0) is 42.5 Å². The largest absolute Gasteiger partial charge is 0.480 e. The van der Waals surface area contributed by atoms with Crippen molar-refractivity contribution in [3.05, 3.63) is 59.8 Å². The number of hydrogen-bond acceptors (Lipinski definition) is 5. The summed E-state index contributed by atoms with van der Waals surface area (Å²) in [5.74, 6) is -1.93. The van der Waals surface area contributed by atoms with E-state index in [0.717, 1.165) is 28.9 Å². The van der Waals surface area contributed by atoms with Gasteiger partial charge in [0, 0.05) is 25.2 Å². The number of pyridine rings is 1. The first-order chi connectivity index (χ1) is 14.5. The molecule has 1 aromatic carbocycles. The van der Waals surface area contributed by atoms with E-state index in [9.17, 15) is 19.5 Å². The van der Waals surface area contributed by atoms with E-state index in [2.05, 4.69) is 4.98 Å². The van der Waals surface area contributed by atoms with Crippen molar-refractivity contribution in [2.75, 3.05) is 18.8 Å². The maximum atomic E-state index is 13.1. The van der Waals surface area contributed by atoms with Crippen LogP contribution in [0.2, 0.25) is 0 Å². The van der Waals surface area contributed by atoms with Crippen LogP contribution in [-0.2, 0) is 16.0 Å². The molecule has 2 fully saturated rings. The molecule has 8 nitrogen and oxygen atoms in total. The number of nitrogens with zero attached hydrogens (tertiary/aromatic N) is 3. The van der Waals surface area contributed by atoms with Gasteiger partial charge in [-0.25, -0.2) is 19.5 Å². The van der Waals surface area contributed by atoms with Gasteiger partial charge in [-0.2, -0.15) is 0 Å². The normalized spacial score (nSPS) is 23.7. The van der Waals surface area contributed by atoms with Crippen LogP contribution in [0.15, 0.2) is 48.7 Å². The van der Waals surface area contributed by atoms with Gasteiger partial charge in [0.1, 0.15) is 5.82 Å². The number of benzene rings is 1. The van der Waals surface area contributed by atoms with Crippen LogP contribution >= 0.6 is 0 Å². The lowest BCUT2D eigenvalue weighted by Crippen LogP contribution is -2.69. The number of imide groups is 1. The van der Waals surface area contributed by atoms with Gasteiger partial charge in [-0.3, -0.25) is 4.79 Å². The molecule has 3 heterocycles. The van der Waals surface area contributed by atoms with Gasteiger partial charge in [0.2, 0.25) is 5.91 Å². The molecule has 156 valence electrons. The molecule has 0 radical (unpaired) electrons. The first-order valence-corrected chi connectivity index (χ1v) is 10.1. The van der Waals surface area contributed by atoms with Crippen molar-refractivity contribution in [1.29, 1.82) is 0 Å². The number of rotatable bonds is 4. The van der Waals surface area contributed by atoms with Crippen LogP contribution in [0.3, 0.4) is 0 Å². The summed E-state index contributed by atoms with van der Waals surface area (Å²) in [4.78, 5) is 44.1. The Balaban J connectivity index is 1.48. The van der Waals surface area contributed by atoms with Crippen LogP contribution in [0.5, 0.6) is 0 Å². The highest BCUT2D eigenvalue weighted by molar-refractivity contribution is 6.07. The van der Waals surface area contributed by atoms with Crippen molar-refractivity contribution >= 4 is 23.7 Å². The molecular weight excluding hydrogens is 384 g/mol. The smallest absolute Gasteiger partial charge is 0.327 e. The lowest BCUT2D eigenvalue weighted by atomic mass is 9.82. The zero-order chi connectivity index (χ0) is 21.3. The van der Waals surface area contributed by atoms with Gasteiger partial charge in [0.15, 0.2) is 6.04 Å². The van der Waals surface area contributed by atoms with Crippen molar-refractivity contribution < 1.29 is 19.5 Å². The van der Waals surface area contributed by atoms with E-state index in [1.807, 2.05) is 30.3 Å². The molecule has 3 N–H and O–H groups in total. The van der Waals surface area contributed by atoms with Crippen molar-refractivity contribution in [1.82, 2.24) is 14.8 Å². The summed E-state index contributed by atoms with van der Waals surface area (Å²) in [5, 5.41) is 9.70. The summed E-state index contributed by atoms with van der Waals surface area (Å²) in [6.45, 7) is 0.994. The van der Waals surface area contributed by atoms with Gasteiger partial charge in [0.25, 0.3) is 0 Å². The standard InChI is InChI=1S/C22H24N4O4/c23-18-12-14(8-9-24-18)11-17-19(21(28)29)26(20(17)27)22(30)25-10-4-7-16(13-25)15-5-2-1-3-6-15/h1-3,5-6,8-9,12,16-17,19H,4,7,10-11,13H2,(H2,23,24)(H,28,29)/t16?,17-,19+/m1/s1. The highest BCUT2D eigenvalue weighted by Crippen LogP contribution is 2.34. The summed E-state index contributed by atoms with van der Waals surface area (Å²) in [6, 6.07) is 11.6. The molecule has 4 rings (SSSR count). The Hall–Kier alpha value is -3.42. The van der Waals surface area contributed by atoms with Crippen LogP contribution in [-0.4, -0.2) is 56.9 Å². The number of aromatic nitrogens is 1. The average Bonchev–Trinajstić information content (AvgIpc) is 2.75. The number of piperidine rings is 1. The molecule has 1 unspecified atom stereocenters. The lowest BCUT2D eigenvalue weighted by Gasteiger charge is -2.46. The Labute approximate surface area is 174 Å². The lowest BCUT2D eigenvalue weighted by molar-refractivity contribution is -0.166. The second-order valence-corrected chi connectivity index (χ2v) is 7.87. The number of likely N-dealkylation sites (tertiary alicyclic amines) is 2. The molecule has 0 spiro atoms. The number of carbonyl (C=O) groups excluding carboxylic acids is 2. The number of carbonyl (C=O) groups is 3. The fourth-order valence-electron chi connectivity index (χ4n) is 4.42. The Morgan fingerprint density at radius 3 is 2.67 bits per heavy atom. The quantitative estimate of drug-likeness (QED) is 0.749.